The molecule has 148 valence electrons. The Hall–Kier alpha value is -3.85. The molecular weight excluding hydrogens is 402 g/mol. The minimum Gasteiger partial charge on any atom is -0.291 e. The quantitative estimate of drug-likeness (QED) is 0.515. The Morgan fingerprint density at radius 1 is 1.00 bits per heavy atom. The normalized spacial score (nSPS) is 14.2. The summed E-state index contributed by atoms with van der Waals surface area (Å²) in [5.41, 5.74) is 2.44. The third-order valence-corrected chi connectivity index (χ3v) is 5.79. The topological polar surface area (TPSA) is 96.7 Å². The molecule has 0 saturated heterocycles. The molecule has 2 aromatic heterocycles. The average molecular weight is 417 g/mol. The van der Waals surface area contributed by atoms with Gasteiger partial charge in [-0.25, -0.2) is 4.52 Å². The van der Waals surface area contributed by atoms with Crippen LogP contribution in [0.5, 0.6) is 0 Å². The number of carbonyl (C=O) groups excluding carboxylic acids is 3. The van der Waals surface area contributed by atoms with Crippen LogP contribution < -0.4 is 5.32 Å². The highest BCUT2D eigenvalue weighted by molar-refractivity contribution is 7.15. The van der Waals surface area contributed by atoms with Gasteiger partial charge in [0.2, 0.25) is 10.9 Å². The molecule has 0 spiro atoms. The summed E-state index contributed by atoms with van der Waals surface area (Å²) in [6, 6.07) is 15.2. The van der Waals surface area contributed by atoms with Crippen molar-refractivity contribution in [3.05, 3.63) is 71.1 Å². The van der Waals surface area contributed by atoms with Crippen LogP contribution in [0.25, 0.3) is 16.2 Å². The van der Waals surface area contributed by atoms with Gasteiger partial charge in [-0.1, -0.05) is 42.5 Å². The van der Waals surface area contributed by atoms with Gasteiger partial charge in [0.15, 0.2) is 0 Å². The third kappa shape index (κ3) is 2.79. The average Bonchev–Trinajstić information content (AvgIpc) is 3.40. The van der Waals surface area contributed by atoms with E-state index in [9.17, 15) is 14.4 Å². The van der Waals surface area contributed by atoms with Crippen molar-refractivity contribution in [3.8, 4) is 11.3 Å². The number of aromatic nitrogens is 3. The molecule has 0 saturated carbocycles. The minimum atomic E-state index is -1.01. The molecule has 3 amide bonds. The lowest BCUT2D eigenvalue weighted by Crippen LogP contribution is -2.45. The van der Waals surface area contributed by atoms with E-state index in [0.717, 1.165) is 16.2 Å². The number of thiazole rings is 1. The first-order valence-corrected chi connectivity index (χ1v) is 10.1. The number of hydrogen-bond donors (Lipinski definition) is 1. The highest BCUT2D eigenvalue weighted by Crippen LogP contribution is 2.27. The summed E-state index contributed by atoms with van der Waals surface area (Å²) in [5, 5.41) is 8.93. The van der Waals surface area contributed by atoms with Crippen LogP contribution in [0.1, 0.15) is 27.6 Å². The summed E-state index contributed by atoms with van der Waals surface area (Å²) >= 11 is 1.40. The first-order chi connectivity index (χ1) is 14.5. The van der Waals surface area contributed by atoms with E-state index in [2.05, 4.69) is 15.4 Å². The van der Waals surface area contributed by atoms with Gasteiger partial charge in [0.25, 0.3) is 17.8 Å². The van der Waals surface area contributed by atoms with E-state index in [1.54, 1.807) is 28.8 Å². The molecule has 0 bridgehead atoms. The summed E-state index contributed by atoms with van der Waals surface area (Å²) in [4.78, 5) is 43.9. The maximum atomic E-state index is 12.8. The fraction of sp³-hybridized carbons (Fsp3) is 0.0952. The van der Waals surface area contributed by atoms with Crippen molar-refractivity contribution in [2.75, 3.05) is 5.32 Å². The van der Waals surface area contributed by atoms with Gasteiger partial charge >= 0.3 is 0 Å². The van der Waals surface area contributed by atoms with Crippen LogP contribution in [0.3, 0.4) is 0 Å². The molecule has 4 aromatic rings. The zero-order chi connectivity index (χ0) is 20.8. The van der Waals surface area contributed by atoms with E-state index < -0.39 is 23.8 Å². The Labute approximate surface area is 174 Å². The first kappa shape index (κ1) is 18.2. The molecule has 0 fully saturated rings. The lowest BCUT2D eigenvalue weighted by molar-refractivity contribution is -0.119. The Balaban J connectivity index is 1.38. The third-order valence-electron chi connectivity index (χ3n) is 4.98. The molecule has 1 aliphatic heterocycles. The van der Waals surface area contributed by atoms with Crippen LogP contribution in [-0.4, -0.2) is 43.3 Å². The van der Waals surface area contributed by atoms with E-state index >= 15 is 0 Å². The van der Waals surface area contributed by atoms with Crippen LogP contribution in [-0.2, 0) is 4.79 Å². The number of nitrogens with zero attached hydrogens (tertiary/aromatic N) is 4. The molecule has 9 heteroatoms. The monoisotopic (exact) mass is 417 g/mol. The smallest absolute Gasteiger partial charge is 0.262 e. The van der Waals surface area contributed by atoms with Gasteiger partial charge in [0.1, 0.15) is 6.04 Å². The Kier molecular flexibility index (Phi) is 4.18. The molecule has 0 radical (unpaired) electrons. The van der Waals surface area contributed by atoms with Crippen molar-refractivity contribution in [2.45, 2.75) is 13.0 Å². The number of nitrogens with one attached hydrogen (secondary N) is 1. The zero-order valence-corrected chi connectivity index (χ0v) is 16.6. The standard InChI is InChI=1S/C21H15N5O3S/c1-12(25-18(28)14-9-5-6-10-15(14)19(25)29)17(27)22-20-23-21-26(24-20)16(11-30-21)13-7-3-2-4-8-13/h2-12H,1H3,(H,22,24,27). The molecule has 3 heterocycles. The van der Waals surface area contributed by atoms with Crippen LogP contribution in [0.15, 0.2) is 60.0 Å². The molecule has 1 unspecified atom stereocenters. The van der Waals surface area contributed by atoms with E-state index in [-0.39, 0.29) is 5.95 Å². The zero-order valence-electron chi connectivity index (χ0n) is 15.8. The lowest BCUT2D eigenvalue weighted by atomic mass is 10.1. The number of rotatable bonds is 4. The van der Waals surface area contributed by atoms with Crippen LogP contribution >= 0.6 is 11.3 Å². The first-order valence-electron chi connectivity index (χ1n) is 9.22. The second-order valence-corrected chi connectivity index (χ2v) is 7.64. The predicted molar refractivity (Wildman–Crippen MR) is 111 cm³/mol. The molecular formula is C21H15N5O3S. The van der Waals surface area contributed by atoms with Gasteiger partial charge in [0.05, 0.1) is 16.8 Å². The molecule has 1 atom stereocenters. The van der Waals surface area contributed by atoms with Crippen molar-refractivity contribution in [1.29, 1.82) is 0 Å². The molecule has 8 nitrogen and oxygen atoms in total. The SMILES string of the molecule is CC(C(=O)Nc1nc2scc(-c3ccccc3)n2n1)N1C(=O)c2ccccc2C1=O. The van der Waals surface area contributed by atoms with E-state index in [4.69, 9.17) is 0 Å². The van der Waals surface area contributed by atoms with E-state index in [1.807, 2.05) is 35.7 Å². The number of amides is 3. The Morgan fingerprint density at radius 3 is 2.30 bits per heavy atom. The number of benzene rings is 2. The largest absolute Gasteiger partial charge is 0.291 e. The van der Waals surface area contributed by atoms with E-state index in [1.165, 1.54) is 18.3 Å². The number of carbonyl (C=O) groups is 3. The fourth-order valence-electron chi connectivity index (χ4n) is 3.43. The molecule has 1 N–H and O–H groups in total. The summed E-state index contributed by atoms with van der Waals surface area (Å²) in [6.07, 6.45) is 0. The van der Waals surface area contributed by atoms with Gasteiger partial charge in [-0.2, -0.15) is 4.98 Å². The summed E-state index contributed by atoms with van der Waals surface area (Å²) in [6.45, 7) is 1.50. The van der Waals surface area contributed by atoms with Gasteiger partial charge in [-0.15, -0.1) is 16.4 Å². The highest BCUT2D eigenvalue weighted by atomic mass is 32.1. The number of hydrogen-bond acceptors (Lipinski definition) is 6. The summed E-state index contributed by atoms with van der Waals surface area (Å²) < 4.78 is 1.66. The molecule has 1 aliphatic rings. The molecule has 5 rings (SSSR count). The number of anilines is 1. The van der Waals surface area contributed by atoms with Crippen molar-refractivity contribution in [3.63, 3.8) is 0 Å². The predicted octanol–water partition coefficient (Wildman–Crippen LogP) is 3.08. The summed E-state index contributed by atoms with van der Waals surface area (Å²) in [5.74, 6) is -1.39. The second kappa shape index (κ2) is 6.89. The second-order valence-electron chi connectivity index (χ2n) is 6.81. The Bertz CT molecular complexity index is 1280. The highest BCUT2D eigenvalue weighted by Gasteiger charge is 2.40. The van der Waals surface area contributed by atoms with Gasteiger partial charge < -0.3 is 0 Å². The lowest BCUT2D eigenvalue weighted by Gasteiger charge is -2.20. The summed E-state index contributed by atoms with van der Waals surface area (Å²) in [7, 11) is 0. The number of fused-ring (bicyclic) bond motifs is 2. The fourth-order valence-corrected chi connectivity index (χ4v) is 4.26. The van der Waals surface area contributed by atoms with Crippen LogP contribution in [0.4, 0.5) is 5.95 Å². The molecule has 0 aliphatic carbocycles. The van der Waals surface area contributed by atoms with Gasteiger partial charge in [-0.3, -0.25) is 24.6 Å². The minimum absolute atomic E-state index is 0.118. The molecule has 2 aromatic carbocycles. The van der Waals surface area contributed by atoms with Crippen molar-refractivity contribution in [2.24, 2.45) is 0 Å². The maximum Gasteiger partial charge on any atom is 0.262 e. The van der Waals surface area contributed by atoms with Crippen molar-refractivity contribution < 1.29 is 14.4 Å². The van der Waals surface area contributed by atoms with Gasteiger partial charge in [0, 0.05) is 10.9 Å². The van der Waals surface area contributed by atoms with Crippen LogP contribution in [0, 0.1) is 0 Å². The van der Waals surface area contributed by atoms with Gasteiger partial charge in [-0.05, 0) is 19.1 Å². The van der Waals surface area contributed by atoms with E-state index in [0.29, 0.717) is 16.1 Å². The maximum absolute atomic E-state index is 12.8. The van der Waals surface area contributed by atoms with Crippen molar-refractivity contribution in [1.82, 2.24) is 19.5 Å². The Morgan fingerprint density at radius 2 is 1.63 bits per heavy atom. The molecule has 30 heavy (non-hydrogen) atoms. The van der Waals surface area contributed by atoms with Crippen LogP contribution in [0.2, 0.25) is 0 Å². The number of imide groups is 1. The van der Waals surface area contributed by atoms with Crippen molar-refractivity contribution >= 4 is 40.0 Å².